The Labute approximate surface area is 181 Å². The van der Waals surface area contributed by atoms with E-state index in [2.05, 4.69) is 56.4 Å². The van der Waals surface area contributed by atoms with Crippen molar-refractivity contribution in [2.75, 3.05) is 30.8 Å². The number of hydrogen-bond donors (Lipinski definition) is 3. The van der Waals surface area contributed by atoms with Gasteiger partial charge in [0.2, 0.25) is 11.9 Å². The van der Waals surface area contributed by atoms with Crippen molar-refractivity contribution in [3.8, 4) is 0 Å². The number of nitrogens with zero attached hydrogens (tertiary/aromatic N) is 4. The Morgan fingerprint density at radius 1 is 1.14 bits per heavy atom. The van der Waals surface area contributed by atoms with E-state index in [-0.39, 0.29) is 0 Å². The molecule has 0 aliphatic rings. The molecular weight excluding hydrogens is 409 g/mol. The van der Waals surface area contributed by atoms with Crippen LogP contribution in [0.2, 0.25) is 10.0 Å². The summed E-state index contributed by atoms with van der Waals surface area (Å²) in [7, 11) is 2.14. The minimum Gasteiger partial charge on any atom is -0.367 e. The number of rotatable bonds is 9. The predicted octanol–water partition coefficient (Wildman–Crippen LogP) is 5.24. The number of nitrogens with one attached hydrogen (secondary N) is 3. The largest absolute Gasteiger partial charge is 0.367 e. The maximum Gasteiger partial charge on any atom is 0.231 e. The fourth-order valence-corrected chi connectivity index (χ4v) is 3.34. The quantitative estimate of drug-likeness (QED) is 0.425. The number of benzene rings is 1. The van der Waals surface area contributed by atoms with Crippen LogP contribution in [0.4, 0.5) is 17.7 Å². The Bertz CT molecular complexity index is 934. The molecule has 1 aromatic carbocycles. The lowest BCUT2D eigenvalue weighted by Crippen LogP contribution is -2.22. The summed E-state index contributed by atoms with van der Waals surface area (Å²) >= 11 is 12.1. The minimum absolute atomic E-state index is 0.317. The molecule has 3 aromatic rings. The zero-order chi connectivity index (χ0) is 21.0. The summed E-state index contributed by atoms with van der Waals surface area (Å²) in [6, 6.07) is 5.73. The molecule has 0 fully saturated rings. The highest BCUT2D eigenvalue weighted by Gasteiger charge is 2.10. The molecule has 0 spiro atoms. The fourth-order valence-electron chi connectivity index (χ4n) is 3.02. The summed E-state index contributed by atoms with van der Waals surface area (Å²) in [4.78, 5) is 19.0. The van der Waals surface area contributed by atoms with Crippen LogP contribution in [0, 0.1) is 6.92 Å². The highest BCUT2D eigenvalue weighted by atomic mass is 35.5. The Kier molecular flexibility index (Phi) is 7.16. The van der Waals surface area contributed by atoms with E-state index in [1.54, 1.807) is 12.1 Å². The first-order chi connectivity index (χ1) is 13.8. The van der Waals surface area contributed by atoms with E-state index in [0.29, 0.717) is 28.0 Å². The molecule has 156 valence electrons. The van der Waals surface area contributed by atoms with Crippen molar-refractivity contribution in [3.05, 3.63) is 33.9 Å². The van der Waals surface area contributed by atoms with Crippen molar-refractivity contribution in [2.24, 2.45) is 0 Å². The third-order valence-electron chi connectivity index (χ3n) is 4.72. The number of H-pyrrole nitrogens is 1. The lowest BCUT2D eigenvalue weighted by Gasteiger charge is -2.18. The van der Waals surface area contributed by atoms with Crippen LogP contribution in [0.1, 0.15) is 32.4 Å². The maximum atomic E-state index is 6.07. The van der Waals surface area contributed by atoms with E-state index in [4.69, 9.17) is 23.2 Å². The number of aryl methyl sites for hydroxylation is 1. The van der Waals surface area contributed by atoms with Gasteiger partial charge in [-0.1, -0.05) is 30.1 Å². The highest BCUT2D eigenvalue weighted by Crippen LogP contribution is 2.28. The van der Waals surface area contributed by atoms with E-state index in [1.165, 1.54) is 0 Å². The van der Waals surface area contributed by atoms with Crippen molar-refractivity contribution in [1.29, 1.82) is 0 Å². The van der Waals surface area contributed by atoms with Gasteiger partial charge in [-0.15, -0.1) is 0 Å². The van der Waals surface area contributed by atoms with Gasteiger partial charge in [-0.2, -0.15) is 4.98 Å². The second-order valence-electron chi connectivity index (χ2n) is 7.30. The summed E-state index contributed by atoms with van der Waals surface area (Å²) < 4.78 is 0. The molecule has 0 radical (unpaired) electrons. The summed E-state index contributed by atoms with van der Waals surface area (Å²) in [6.45, 7) is 8.45. The predicted molar refractivity (Wildman–Crippen MR) is 122 cm³/mol. The first-order valence-corrected chi connectivity index (χ1v) is 10.5. The van der Waals surface area contributed by atoms with E-state index >= 15 is 0 Å². The van der Waals surface area contributed by atoms with Gasteiger partial charge in [0.05, 0.1) is 21.1 Å². The monoisotopic (exact) mass is 435 g/mol. The SMILES string of the molecule is CCN(C)CCCC(C)Nc1cc(C)nc(Nc2nc3cc(Cl)c(Cl)cc3[nH]2)n1. The molecule has 7 nitrogen and oxygen atoms in total. The first-order valence-electron chi connectivity index (χ1n) is 9.76. The molecule has 0 saturated heterocycles. The molecule has 2 heterocycles. The number of aromatic nitrogens is 4. The van der Waals surface area contributed by atoms with Crippen LogP contribution >= 0.6 is 23.2 Å². The van der Waals surface area contributed by atoms with Gasteiger partial charge in [0.15, 0.2) is 0 Å². The molecule has 0 aliphatic carbocycles. The molecule has 3 rings (SSSR count). The van der Waals surface area contributed by atoms with Crippen molar-refractivity contribution in [3.63, 3.8) is 0 Å². The van der Waals surface area contributed by atoms with Gasteiger partial charge in [-0.05, 0) is 59.0 Å². The molecule has 1 atom stereocenters. The molecule has 0 bridgehead atoms. The van der Waals surface area contributed by atoms with Crippen molar-refractivity contribution in [1.82, 2.24) is 24.8 Å². The van der Waals surface area contributed by atoms with Crippen LogP contribution < -0.4 is 10.6 Å². The summed E-state index contributed by atoms with van der Waals surface area (Å²) in [5.41, 5.74) is 2.38. The molecule has 0 amide bonds. The van der Waals surface area contributed by atoms with Crippen LogP contribution in [0.15, 0.2) is 18.2 Å². The number of anilines is 3. The number of imidazole rings is 1. The number of halogens is 2. The average molecular weight is 436 g/mol. The smallest absolute Gasteiger partial charge is 0.231 e. The van der Waals surface area contributed by atoms with Crippen LogP contribution in [0.3, 0.4) is 0 Å². The Morgan fingerprint density at radius 2 is 1.90 bits per heavy atom. The second-order valence-corrected chi connectivity index (χ2v) is 8.11. The third-order valence-corrected chi connectivity index (χ3v) is 5.44. The summed E-state index contributed by atoms with van der Waals surface area (Å²) in [5, 5.41) is 7.54. The van der Waals surface area contributed by atoms with Gasteiger partial charge in [-0.3, -0.25) is 5.32 Å². The molecular formula is C20H27Cl2N7. The van der Waals surface area contributed by atoms with Gasteiger partial charge in [-0.25, -0.2) is 9.97 Å². The lowest BCUT2D eigenvalue weighted by molar-refractivity contribution is 0.340. The summed E-state index contributed by atoms with van der Waals surface area (Å²) in [5.74, 6) is 1.80. The third kappa shape index (κ3) is 5.95. The van der Waals surface area contributed by atoms with Crippen molar-refractivity contribution >= 4 is 51.9 Å². The number of aromatic amines is 1. The van der Waals surface area contributed by atoms with Crippen molar-refractivity contribution in [2.45, 2.75) is 39.7 Å². The standard InChI is InChI=1S/C20H27Cl2N7/c1-5-29(4)8-6-7-12(2)23-18-9-13(3)24-19(27-18)28-20-25-16-10-14(21)15(22)11-17(16)26-20/h9-12H,5-8H2,1-4H3,(H3,23,24,25,26,27,28). The number of fused-ring (bicyclic) bond motifs is 1. The molecule has 0 saturated carbocycles. The van der Waals surface area contributed by atoms with Gasteiger partial charge >= 0.3 is 0 Å². The molecule has 3 N–H and O–H groups in total. The van der Waals surface area contributed by atoms with Crippen LogP contribution in [0.25, 0.3) is 11.0 Å². The lowest BCUT2D eigenvalue weighted by atomic mass is 10.2. The van der Waals surface area contributed by atoms with E-state index in [9.17, 15) is 0 Å². The maximum absolute atomic E-state index is 6.07. The van der Waals surface area contributed by atoms with Gasteiger partial charge in [0.1, 0.15) is 5.82 Å². The summed E-state index contributed by atoms with van der Waals surface area (Å²) in [6.07, 6.45) is 2.21. The van der Waals surface area contributed by atoms with Gasteiger partial charge in [0.25, 0.3) is 0 Å². The average Bonchev–Trinajstić information content (AvgIpc) is 3.02. The molecule has 29 heavy (non-hydrogen) atoms. The van der Waals surface area contributed by atoms with Crippen LogP contribution in [-0.2, 0) is 0 Å². The highest BCUT2D eigenvalue weighted by molar-refractivity contribution is 6.42. The molecule has 1 unspecified atom stereocenters. The fraction of sp³-hybridized carbons (Fsp3) is 0.450. The molecule has 9 heteroatoms. The Morgan fingerprint density at radius 3 is 2.66 bits per heavy atom. The topological polar surface area (TPSA) is 81.8 Å². The van der Waals surface area contributed by atoms with Crippen molar-refractivity contribution < 1.29 is 0 Å². The van der Waals surface area contributed by atoms with Crippen LogP contribution in [0.5, 0.6) is 0 Å². The molecule has 0 aliphatic heterocycles. The molecule has 2 aromatic heterocycles. The van der Waals surface area contributed by atoms with Gasteiger partial charge < -0.3 is 15.2 Å². The zero-order valence-corrected chi connectivity index (χ0v) is 18.7. The first kappa shape index (κ1) is 21.6. The second kappa shape index (κ2) is 9.61. The number of hydrogen-bond acceptors (Lipinski definition) is 6. The van der Waals surface area contributed by atoms with E-state index in [1.807, 2.05) is 13.0 Å². The Balaban J connectivity index is 1.67. The van der Waals surface area contributed by atoms with E-state index in [0.717, 1.165) is 48.5 Å². The Hall–Kier alpha value is -2.09. The van der Waals surface area contributed by atoms with Crippen LogP contribution in [-0.4, -0.2) is 51.0 Å². The normalized spacial score (nSPS) is 12.5. The minimum atomic E-state index is 0.317. The van der Waals surface area contributed by atoms with Gasteiger partial charge in [0, 0.05) is 17.8 Å². The van der Waals surface area contributed by atoms with E-state index < -0.39 is 0 Å². The zero-order valence-electron chi connectivity index (χ0n) is 17.2.